The Morgan fingerprint density at radius 3 is 2.27 bits per heavy atom. The van der Waals surface area contributed by atoms with E-state index in [2.05, 4.69) is 61.2 Å². The third-order valence-electron chi connectivity index (χ3n) is 4.57. The summed E-state index contributed by atoms with van der Waals surface area (Å²) in [5.74, 6) is 1.85. The highest BCUT2D eigenvalue weighted by Gasteiger charge is 2.11. The Balaban J connectivity index is 1.30. The lowest BCUT2D eigenvalue weighted by Gasteiger charge is -2.07. The van der Waals surface area contributed by atoms with Crippen molar-refractivity contribution in [2.45, 2.75) is 11.0 Å². The molecule has 0 aliphatic rings. The molecule has 7 nitrogen and oxygen atoms in total. The number of rotatable bonds is 6. The van der Waals surface area contributed by atoms with Crippen LogP contribution < -0.4 is 0 Å². The fourth-order valence-electron chi connectivity index (χ4n) is 3.10. The zero-order chi connectivity index (χ0) is 20.2. The van der Waals surface area contributed by atoms with E-state index in [1.807, 2.05) is 48.5 Å². The first kappa shape index (κ1) is 18.3. The first-order valence-electron chi connectivity index (χ1n) is 9.31. The van der Waals surface area contributed by atoms with E-state index >= 15 is 0 Å². The third-order valence-corrected chi connectivity index (χ3v) is 5.46. The van der Waals surface area contributed by atoms with Crippen molar-refractivity contribution in [3.8, 4) is 34.0 Å². The molecule has 0 bridgehead atoms. The molecule has 3 aromatic carbocycles. The van der Waals surface area contributed by atoms with Gasteiger partial charge in [-0.1, -0.05) is 78.5 Å². The van der Waals surface area contributed by atoms with Crippen molar-refractivity contribution in [1.82, 2.24) is 30.8 Å². The van der Waals surface area contributed by atoms with Gasteiger partial charge in [-0.3, -0.25) is 0 Å². The Hall–Kier alpha value is -3.78. The average molecular weight is 412 g/mol. The van der Waals surface area contributed by atoms with E-state index in [0.29, 0.717) is 16.9 Å². The fraction of sp³-hybridized carbons (Fsp3) is 0.0455. The number of tetrazole rings is 1. The van der Waals surface area contributed by atoms with Crippen molar-refractivity contribution in [2.24, 2.45) is 0 Å². The average Bonchev–Trinajstić information content (AvgIpc) is 3.51. The van der Waals surface area contributed by atoms with E-state index < -0.39 is 0 Å². The Morgan fingerprint density at radius 1 is 0.733 bits per heavy atom. The van der Waals surface area contributed by atoms with Gasteiger partial charge in [0.2, 0.25) is 11.7 Å². The van der Waals surface area contributed by atoms with Crippen LogP contribution >= 0.6 is 11.8 Å². The summed E-state index contributed by atoms with van der Waals surface area (Å²) in [6, 6.07) is 26.2. The smallest absolute Gasteiger partial charge is 0.277 e. The number of nitrogens with one attached hydrogen (secondary N) is 1. The number of hydrogen-bond acceptors (Lipinski definition) is 7. The molecule has 5 rings (SSSR count). The van der Waals surface area contributed by atoms with E-state index in [1.165, 1.54) is 17.3 Å². The number of thioether (sulfide) groups is 1. The summed E-state index contributed by atoms with van der Waals surface area (Å²) in [7, 11) is 0. The van der Waals surface area contributed by atoms with Gasteiger partial charge in [0.05, 0.1) is 0 Å². The van der Waals surface area contributed by atoms with E-state index in [9.17, 15) is 0 Å². The third kappa shape index (κ3) is 3.85. The Labute approximate surface area is 176 Å². The van der Waals surface area contributed by atoms with Crippen molar-refractivity contribution in [3.05, 3.63) is 84.4 Å². The van der Waals surface area contributed by atoms with Crippen LogP contribution in [0.15, 0.2) is 88.5 Å². The highest BCUT2D eigenvalue weighted by atomic mass is 32.2. The van der Waals surface area contributed by atoms with Crippen LogP contribution in [-0.4, -0.2) is 30.8 Å². The topological polar surface area (TPSA) is 93.4 Å². The van der Waals surface area contributed by atoms with Crippen LogP contribution in [0.25, 0.3) is 34.0 Å². The molecular formula is C22H16N6OS. The molecule has 1 N–H and O–H groups in total. The SMILES string of the molecule is c1ccc(-c2nnc(SCc3ccc(-c4ccccc4-c4nn[nH]n4)cc3)o2)cc1. The van der Waals surface area contributed by atoms with Gasteiger partial charge in [0.15, 0.2) is 0 Å². The number of aromatic amines is 1. The zero-order valence-electron chi connectivity index (χ0n) is 15.8. The highest BCUT2D eigenvalue weighted by Crippen LogP contribution is 2.31. The Bertz CT molecular complexity index is 1240. The van der Waals surface area contributed by atoms with E-state index in [-0.39, 0.29) is 0 Å². The van der Waals surface area contributed by atoms with Crippen LogP contribution in [0.5, 0.6) is 0 Å². The second-order valence-corrected chi connectivity index (χ2v) is 7.43. The molecule has 0 unspecified atom stereocenters. The molecule has 2 heterocycles. The molecular weight excluding hydrogens is 396 g/mol. The predicted octanol–water partition coefficient (Wildman–Crippen LogP) is 4.88. The van der Waals surface area contributed by atoms with Gasteiger partial charge in [0, 0.05) is 16.9 Å². The molecule has 0 aliphatic heterocycles. The molecule has 0 aliphatic carbocycles. The summed E-state index contributed by atoms with van der Waals surface area (Å²) in [5, 5.41) is 23.2. The summed E-state index contributed by atoms with van der Waals surface area (Å²) in [5.41, 5.74) is 5.17. The van der Waals surface area contributed by atoms with Gasteiger partial charge in [-0.15, -0.1) is 20.4 Å². The number of H-pyrrole nitrogens is 1. The number of nitrogens with zero attached hydrogens (tertiary/aromatic N) is 5. The first-order valence-corrected chi connectivity index (χ1v) is 10.3. The minimum atomic E-state index is 0.534. The molecule has 0 saturated heterocycles. The van der Waals surface area contributed by atoms with Crippen molar-refractivity contribution < 1.29 is 4.42 Å². The van der Waals surface area contributed by atoms with Crippen LogP contribution in [0.2, 0.25) is 0 Å². The second-order valence-electron chi connectivity index (χ2n) is 6.51. The first-order chi connectivity index (χ1) is 14.9. The fourth-order valence-corrected chi connectivity index (χ4v) is 3.82. The summed E-state index contributed by atoms with van der Waals surface area (Å²) < 4.78 is 5.76. The minimum absolute atomic E-state index is 0.534. The molecule has 0 atom stereocenters. The number of aromatic nitrogens is 6. The van der Waals surface area contributed by atoms with Crippen LogP contribution in [0, 0.1) is 0 Å². The maximum Gasteiger partial charge on any atom is 0.277 e. The maximum absolute atomic E-state index is 5.76. The molecule has 2 aromatic heterocycles. The molecule has 0 amide bonds. The second kappa shape index (κ2) is 8.30. The molecule has 5 aromatic rings. The molecule has 0 radical (unpaired) electrons. The zero-order valence-corrected chi connectivity index (χ0v) is 16.6. The summed E-state index contributed by atoms with van der Waals surface area (Å²) in [6.07, 6.45) is 0. The lowest BCUT2D eigenvalue weighted by atomic mass is 9.98. The molecule has 0 spiro atoms. The summed E-state index contributed by atoms with van der Waals surface area (Å²) in [6.45, 7) is 0. The van der Waals surface area contributed by atoms with E-state index in [0.717, 1.165) is 28.0 Å². The van der Waals surface area contributed by atoms with Gasteiger partial charge in [-0.05, 0) is 34.0 Å². The molecule has 0 saturated carbocycles. The van der Waals surface area contributed by atoms with Crippen molar-refractivity contribution in [1.29, 1.82) is 0 Å². The molecule has 0 fully saturated rings. The van der Waals surface area contributed by atoms with Crippen molar-refractivity contribution in [2.75, 3.05) is 0 Å². The van der Waals surface area contributed by atoms with E-state index in [4.69, 9.17) is 4.42 Å². The molecule has 8 heteroatoms. The van der Waals surface area contributed by atoms with Crippen LogP contribution in [0.3, 0.4) is 0 Å². The Morgan fingerprint density at radius 2 is 1.50 bits per heavy atom. The normalized spacial score (nSPS) is 10.9. The van der Waals surface area contributed by atoms with Crippen molar-refractivity contribution in [3.63, 3.8) is 0 Å². The van der Waals surface area contributed by atoms with Crippen LogP contribution in [0.1, 0.15) is 5.56 Å². The predicted molar refractivity (Wildman–Crippen MR) is 114 cm³/mol. The van der Waals surface area contributed by atoms with Crippen molar-refractivity contribution >= 4 is 11.8 Å². The lowest BCUT2D eigenvalue weighted by Crippen LogP contribution is -1.88. The number of benzene rings is 3. The summed E-state index contributed by atoms with van der Waals surface area (Å²) in [4.78, 5) is 0. The Kier molecular flexibility index (Phi) is 5.05. The highest BCUT2D eigenvalue weighted by molar-refractivity contribution is 7.98. The molecule has 146 valence electrons. The van der Waals surface area contributed by atoms with Gasteiger partial charge in [-0.25, -0.2) is 0 Å². The maximum atomic E-state index is 5.76. The van der Waals surface area contributed by atoms with Gasteiger partial charge in [0.1, 0.15) is 0 Å². The van der Waals surface area contributed by atoms with E-state index in [1.54, 1.807) is 0 Å². The van der Waals surface area contributed by atoms with Gasteiger partial charge >= 0.3 is 0 Å². The van der Waals surface area contributed by atoms with Gasteiger partial charge in [-0.2, -0.15) is 5.21 Å². The lowest BCUT2D eigenvalue weighted by molar-refractivity contribution is 0.466. The van der Waals surface area contributed by atoms with Gasteiger partial charge < -0.3 is 4.42 Å². The van der Waals surface area contributed by atoms with Gasteiger partial charge in [0.25, 0.3) is 5.22 Å². The van der Waals surface area contributed by atoms with Crippen LogP contribution in [0.4, 0.5) is 0 Å². The standard InChI is InChI=1S/C22H16N6OS/c1-2-6-17(7-3-1)21-25-26-22(29-21)30-14-15-10-12-16(13-11-15)18-8-4-5-9-19(18)20-23-27-28-24-20/h1-13H,14H2,(H,23,24,27,28). The largest absolute Gasteiger partial charge is 0.411 e. The summed E-state index contributed by atoms with van der Waals surface area (Å²) >= 11 is 1.52. The number of hydrogen-bond donors (Lipinski definition) is 1. The minimum Gasteiger partial charge on any atom is -0.411 e. The quantitative estimate of drug-likeness (QED) is 0.397. The van der Waals surface area contributed by atoms with Crippen LogP contribution in [-0.2, 0) is 5.75 Å². The molecule has 30 heavy (non-hydrogen) atoms. The monoisotopic (exact) mass is 412 g/mol.